The molecule has 1 aliphatic rings. The lowest BCUT2D eigenvalue weighted by molar-refractivity contribution is 0.102. The molecule has 32 heavy (non-hydrogen) atoms. The second-order valence-electron chi connectivity index (χ2n) is 7.81. The molecule has 0 heterocycles. The summed E-state index contributed by atoms with van der Waals surface area (Å²) in [7, 11) is -2.41. The van der Waals surface area contributed by atoms with Gasteiger partial charge in [0.05, 0.1) is 35.0 Å². The van der Waals surface area contributed by atoms with E-state index in [2.05, 4.69) is 5.32 Å². The molecule has 1 aliphatic carbocycles. The van der Waals surface area contributed by atoms with Crippen molar-refractivity contribution in [1.29, 1.82) is 0 Å². The molecule has 0 unspecified atom stereocenters. The maximum atomic E-state index is 13.5. The van der Waals surface area contributed by atoms with Crippen LogP contribution in [0.25, 0.3) is 0 Å². The van der Waals surface area contributed by atoms with Crippen molar-refractivity contribution in [2.24, 2.45) is 5.92 Å². The first kappa shape index (κ1) is 24.1. The predicted molar refractivity (Wildman–Crippen MR) is 112 cm³/mol. The van der Waals surface area contributed by atoms with Gasteiger partial charge in [0, 0.05) is 5.69 Å². The van der Waals surface area contributed by atoms with E-state index in [-0.39, 0.29) is 33.6 Å². The normalized spacial score (nSPS) is 19.1. The van der Waals surface area contributed by atoms with Gasteiger partial charge in [-0.2, -0.15) is 0 Å². The minimum atomic E-state index is -3.72. The number of carbonyl (C=O) groups excluding carboxylic acids is 1. The molecule has 0 saturated heterocycles. The number of benzene rings is 2. The largest absolute Gasteiger partial charge is 0.496 e. The number of nitrogens with one attached hydrogen (secondary N) is 1. The second kappa shape index (κ2) is 9.91. The van der Waals surface area contributed by atoms with Crippen molar-refractivity contribution >= 4 is 21.4 Å². The molecule has 1 saturated carbocycles. The Balaban J connectivity index is 1.84. The van der Waals surface area contributed by atoms with Crippen LogP contribution in [0.1, 0.15) is 48.0 Å². The van der Waals surface area contributed by atoms with Gasteiger partial charge in [-0.1, -0.05) is 0 Å². The molecule has 3 rings (SSSR count). The number of alkyl halides is 2. The zero-order chi connectivity index (χ0) is 23.5. The van der Waals surface area contributed by atoms with E-state index in [9.17, 15) is 31.5 Å². The summed E-state index contributed by atoms with van der Waals surface area (Å²) in [5.74, 6) is -1.98. The Kier molecular flexibility index (Phi) is 7.45. The van der Waals surface area contributed by atoms with Gasteiger partial charge in [-0.3, -0.25) is 4.79 Å². The zero-order valence-electron chi connectivity index (χ0n) is 17.4. The number of hydrogen-bond acceptors (Lipinski definition) is 5. The number of amides is 1. The van der Waals surface area contributed by atoms with Crippen LogP contribution in [0.5, 0.6) is 5.75 Å². The number of methoxy groups -OCH3 is 1. The first-order chi connectivity index (χ1) is 15.1. The van der Waals surface area contributed by atoms with Crippen LogP contribution >= 0.6 is 0 Å². The molecule has 2 aromatic carbocycles. The molecule has 1 fully saturated rings. The number of rotatable bonds is 7. The average molecular weight is 471 g/mol. The van der Waals surface area contributed by atoms with Gasteiger partial charge in [0.1, 0.15) is 11.6 Å². The van der Waals surface area contributed by atoms with Crippen LogP contribution in [0.15, 0.2) is 41.3 Å². The van der Waals surface area contributed by atoms with Crippen LogP contribution in [0.2, 0.25) is 0 Å². The van der Waals surface area contributed by atoms with E-state index >= 15 is 0 Å². The first-order valence-electron chi connectivity index (χ1n) is 10.1. The summed E-state index contributed by atoms with van der Waals surface area (Å²) in [5.41, 5.74) is -1.03. The molecule has 2 aromatic rings. The summed E-state index contributed by atoms with van der Waals surface area (Å²) in [4.78, 5) is 12.7. The summed E-state index contributed by atoms with van der Waals surface area (Å²) >= 11 is 0. The zero-order valence-corrected chi connectivity index (χ0v) is 18.2. The molecule has 10 heteroatoms. The molecule has 0 spiro atoms. The fourth-order valence-electron chi connectivity index (χ4n) is 3.76. The van der Waals surface area contributed by atoms with Crippen molar-refractivity contribution in [3.8, 4) is 5.75 Å². The minimum absolute atomic E-state index is 0.0669. The van der Waals surface area contributed by atoms with Crippen LogP contribution < -0.4 is 10.1 Å². The van der Waals surface area contributed by atoms with Crippen molar-refractivity contribution in [1.82, 2.24) is 0 Å². The van der Waals surface area contributed by atoms with Gasteiger partial charge in [-0.25, -0.2) is 21.6 Å². The van der Waals surface area contributed by atoms with Gasteiger partial charge in [-0.05, 0) is 68.0 Å². The van der Waals surface area contributed by atoms with E-state index in [0.29, 0.717) is 25.7 Å². The van der Waals surface area contributed by atoms with Gasteiger partial charge in [0.25, 0.3) is 12.3 Å². The maximum absolute atomic E-state index is 13.5. The third kappa shape index (κ3) is 5.60. The second-order valence-corrected chi connectivity index (χ2v) is 9.84. The molecular weight excluding hydrogens is 447 g/mol. The van der Waals surface area contributed by atoms with E-state index in [4.69, 9.17) is 4.74 Å². The molecule has 0 radical (unpaired) electrons. The number of anilines is 1. The molecule has 2 N–H and O–H groups in total. The number of ether oxygens (including phenoxy) is 1. The highest BCUT2D eigenvalue weighted by molar-refractivity contribution is 7.91. The number of aliphatic hydroxyl groups excluding tert-OH is 1. The third-order valence-corrected chi connectivity index (χ3v) is 7.42. The topological polar surface area (TPSA) is 92.7 Å². The van der Waals surface area contributed by atoms with Gasteiger partial charge in [0.2, 0.25) is 0 Å². The Morgan fingerprint density at radius 2 is 1.84 bits per heavy atom. The minimum Gasteiger partial charge on any atom is -0.496 e. The first-order valence-corrected chi connectivity index (χ1v) is 11.7. The molecule has 0 atom stereocenters. The van der Waals surface area contributed by atoms with Crippen molar-refractivity contribution in [3.05, 3.63) is 53.3 Å². The lowest BCUT2D eigenvalue weighted by atomic mass is 9.89. The van der Waals surface area contributed by atoms with Crippen LogP contribution in [-0.4, -0.2) is 38.4 Å². The Bertz CT molecular complexity index is 1080. The Morgan fingerprint density at radius 3 is 2.47 bits per heavy atom. The van der Waals surface area contributed by atoms with Crippen molar-refractivity contribution < 1.29 is 36.2 Å². The highest BCUT2D eigenvalue weighted by Gasteiger charge is 2.27. The standard InChI is InChI=1S/C22H24F3NO5S/c1-31-20-9-7-16(32(29,30)12-13-2-5-15(27)6-3-13)11-18(20)22(28)26-14-4-8-19(23)17(10-14)21(24)25/h4,7-11,13,15,21,27H,2-3,5-6,12H2,1H3,(H,26,28). The van der Waals surface area contributed by atoms with Gasteiger partial charge < -0.3 is 15.2 Å². The smallest absolute Gasteiger partial charge is 0.266 e. The van der Waals surface area contributed by atoms with Crippen LogP contribution in [0.3, 0.4) is 0 Å². The Morgan fingerprint density at radius 1 is 1.16 bits per heavy atom. The average Bonchev–Trinajstić information content (AvgIpc) is 2.75. The highest BCUT2D eigenvalue weighted by Crippen LogP contribution is 2.30. The number of carbonyl (C=O) groups is 1. The van der Waals surface area contributed by atoms with E-state index in [1.165, 1.54) is 25.3 Å². The fraction of sp³-hybridized carbons (Fsp3) is 0.409. The molecular formula is C22H24F3NO5S. The summed E-state index contributed by atoms with van der Waals surface area (Å²) in [6.07, 6.45) is -1.16. The molecule has 0 aliphatic heterocycles. The summed E-state index contributed by atoms with van der Waals surface area (Å²) in [6, 6.07) is 6.64. The Hall–Kier alpha value is -2.59. The quantitative estimate of drug-likeness (QED) is 0.627. The van der Waals surface area contributed by atoms with Crippen LogP contribution in [0, 0.1) is 11.7 Å². The maximum Gasteiger partial charge on any atom is 0.266 e. The lowest BCUT2D eigenvalue weighted by Crippen LogP contribution is -2.24. The van der Waals surface area contributed by atoms with Crippen LogP contribution in [0.4, 0.5) is 18.9 Å². The molecule has 0 bridgehead atoms. The predicted octanol–water partition coefficient (Wildman–Crippen LogP) is 4.35. The van der Waals surface area contributed by atoms with Gasteiger partial charge >= 0.3 is 0 Å². The monoisotopic (exact) mass is 471 g/mol. The van der Waals surface area contributed by atoms with Gasteiger partial charge in [0.15, 0.2) is 9.84 Å². The van der Waals surface area contributed by atoms with Crippen molar-refractivity contribution in [2.75, 3.05) is 18.2 Å². The number of halogens is 3. The van der Waals surface area contributed by atoms with Crippen molar-refractivity contribution in [2.45, 2.75) is 43.1 Å². The fourth-order valence-corrected chi connectivity index (χ4v) is 5.48. The molecule has 1 amide bonds. The number of hydrogen-bond donors (Lipinski definition) is 2. The lowest BCUT2D eigenvalue weighted by Gasteiger charge is -2.25. The molecule has 174 valence electrons. The number of sulfone groups is 1. The third-order valence-electron chi connectivity index (χ3n) is 5.54. The van der Waals surface area contributed by atoms with E-state index in [0.717, 1.165) is 18.2 Å². The van der Waals surface area contributed by atoms with E-state index < -0.39 is 39.7 Å². The Labute approximate surface area is 184 Å². The summed E-state index contributed by atoms with van der Waals surface area (Å²) < 4.78 is 70.3. The molecule has 6 nitrogen and oxygen atoms in total. The SMILES string of the molecule is COc1ccc(S(=O)(=O)CC2CCC(O)CC2)cc1C(=O)Nc1ccc(F)c(C(F)F)c1. The molecule has 0 aromatic heterocycles. The van der Waals surface area contributed by atoms with Gasteiger partial charge in [-0.15, -0.1) is 0 Å². The highest BCUT2D eigenvalue weighted by atomic mass is 32.2. The summed E-state index contributed by atoms with van der Waals surface area (Å²) in [6.45, 7) is 0. The summed E-state index contributed by atoms with van der Waals surface area (Å²) in [5, 5.41) is 12.0. The van der Waals surface area contributed by atoms with E-state index in [1.807, 2.05) is 0 Å². The van der Waals surface area contributed by atoms with Crippen molar-refractivity contribution in [3.63, 3.8) is 0 Å². The van der Waals surface area contributed by atoms with Crippen LogP contribution in [-0.2, 0) is 9.84 Å². The number of aliphatic hydroxyl groups is 1. The van der Waals surface area contributed by atoms with E-state index in [1.54, 1.807) is 0 Å².